The normalized spacial score (nSPS) is 9.95. The molecule has 0 spiro atoms. The number of hydrogen-bond acceptors (Lipinski definition) is 3. The maximum absolute atomic E-state index is 13.0. The van der Waals surface area contributed by atoms with E-state index < -0.39 is 0 Å². The van der Waals surface area contributed by atoms with Gasteiger partial charge in [0.2, 0.25) is 0 Å². The van der Waals surface area contributed by atoms with Crippen molar-refractivity contribution in [1.29, 1.82) is 0 Å². The molecule has 2 rings (SSSR count). The van der Waals surface area contributed by atoms with Gasteiger partial charge >= 0.3 is 0 Å². The predicted molar refractivity (Wildman–Crippen MR) is 67.9 cm³/mol. The molecule has 0 N–H and O–H groups in total. The minimum Gasteiger partial charge on any atom is -0.489 e. The third-order valence-corrected chi connectivity index (χ3v) is 2.61. The fraction of sp³-hybridized carbons (Fsp3) is 0.0667. The standard InChI is InChI=1S/C15H11FO3/c16-14-3-1-2-11(6-14)10-19-15-5-4-12(8-17)13(7-15)9-18/h1-9H,10H2. The van der Waals surface area contributed by atoms with E-state index in [9.17, 15) is 14.0 Å². The van der Waals surface area contributed by atoms with Gasteiger partial charge in [-0.1, -0.05) is 12.1 Å². The molecule has 0 saturated heterocycles. The lowest BCUT2D eigenvalue weighted by molar-refractivity contribution is 0.109. The first-order valence-electron chi connectivity index (χ1n) is 5.64. The molecule has 0 fully saturated rings. The van der Waals surface area contributed by atoms with Gasteiger partial charge < -0.3 is 4.74 Å². The molecule has 2 aromatic carbocycles. The number of hydrogen-bond donors (Lipinski definition) is 0. The van der Waals surface area contributed by atoms with E-state index >= 15 is 0 Å². The highest BCUT2D eigenvalue weighted by molar-refractivity contribution is 5.90. The highest BCUT2D eigenvalue weighted by Crippen LogP contribution is 2.17. The van der Waals surface area contributed by atoms with Crippen LogP contribution in [0.25, 0.3) is 0 Å². The van der Waals surface area contributed by atoms with E-state index in [2.05, 4.69) is 0 Å². The zero-order valence-corrected chi connectivity index (χ0v) is 10.0. The van der Waals surface area contributed by atoms with Crippen LogP contribution in [0.3, 0.4) is 0 Å². The Kier molecular flexibility index (Phi) is 4.03. The summed E-state index contributed by atoms with van der Waals surface area (Å²) in [5.41, 5.74) is 1.27. The van der Waals surface area contributed by atoms with E-state index in [0.29, 0.717) is 29.4 Å². The maximum Gasteiger partial charge on any atom is 0.150 e. The fourth-order valence-electron chi connectivity index (χ4n) is 1.65. The molecular weight excluding hydrogens is 247 g/mol. The summed E-state index contributed by atoms with van der Waals surface area (Å²) in [6, 6.07) is 10.7. The number of carbonyl (C=O) groups excluding carboxylic acids is 2. The monoisotopic (exact) mass is 258 g/mol. The number of benzene rings is 2. The predicted octanol–water partition coefficient (Wildman–Crippen LogP) is 3.03. The Hall–Kier alpha value is -2.49. The summed E-state index contributed by atoms with van der Waals surface area (Å²) in [4.78, 5) is 21.5. The smallest absolute Gasteiger partial charge is 0.150 e. The minimum atomic E-state index is -0.328. The molecule has 0 radical (unpaired) electrons. The maximum atomic E-state index is 13.0. The molecule has 2 aromatic rings. The average Bonchev–Trinajstić information content (AvgIpc) is 2.45. The number of halogens is 1. The molecule has 0 aliphatic carbocycles. The molecule has 0 aliphatic rings. The Bertz CT molecular complexity index is 608. The molecule has 0 amide bonds. The van der Waals surface area contributed by atoms with Crippen LogP contribution < -0.4 is 4.74 Å². The van der Waals surface area contributed by atoms with Gasteiger partial charge in [-0.15, -0.1) is 0 Å². The van der Waals surface area contributed by atoms with Gasteiger partial charge in [0, 0.05) is 11.1 Å². The van der Waals surface area contributed by atoms with E-state index in [1.807, 2.05) is 0 Å². The van der Waals surface area contributed by atoms with Crippen LogP contribution in [0.15, 0.2) is 42.5 Å². The number of carbonyl (C=O) groups is 2. The Labute approximate surface area is 109 Å². The SMILES string of the molecule is O=Cc1ccc(OCc2cccc(F)c2)cc1C=O. The van der Waals surface area contributed by atoms with Crippen LogP contribution in [0.2, 0.25) is 0 Å². The average molecular weight is 258 g/mol. The molecule has 0 saturated carbocycles. The number of ether oxygens (including phenoxy) is 1. The van der Waals surface area contributed by atoms with Crippen molar-refractivity contribution >= 4 is 12.6 Å². The van der Waals surface area contributed by atoms with Crippen molar-refractivity contribution in [3.05, 3.63) is 65.0 Å². The third-order valence-electron chi connectivity index (χ3n) is 2.61. The quantitative estimate of drug-likeness (QED) is 0.774. The molecule has 96 valence electrons. The Balaban J connectivity index is 2.11. The molecular formula is C15H11FO3. The first-order chi connectivity index (χ1) is 9.22. The van der Waals surface area contributed by atoms with E-state index in [4.69, 9.17) is 4.74 Å². The fourth-order valence-corrected chi connectivity index (χ4v) is 1.65. The van der Waals surface area contributed by atoms with E-state index in [-0.39, 0.29) is 18.0 Å². The third kappa shape index (κ3) is 3.25. The van der Waals surface area contributed by atoms with Gasteiger partial charge in [0.05, 0.1) is 0 Å². The number of rotatable bonds is 5. The topological polar surface area (TPSA) is 43.4 Å². The van der Waals surface area contributed by atoms with Gasteiger partial charge in [0.25, 0.3) is 0 Å². The molecule has 0 unspecified atom stereocenters. The lowest BCUT2D eigenvalue weighted by Crippen LogP contribution is -1.98. The molecule has 0 bridgehead atoms. The van der Waals surface area contributed by atoms with Crippen LogP contribution in [0.4, 0.5) is 4.39 Å². The minimum absolute atomic E-state index is 0.191. The summed E-state index contributed by atoms with van der Waals surface area (Å²) in [6.07, 6.45) is 1.21. The van der Waals surface area contributed by atoms with Crippen molar-refractivity contribution in [1.82, 2.24) is 0 Å². The lowest BCUT2D eigenvalue weighted by atomic mass is 10.1. The van der Waals surface area contributed by atoms with Gasteiger partial charge in [-0.25, -0.2) is 4.39 Å². The summed E-state index contributed by atoms with van der Waals surface area (Å²) < 4.78 is 18.4. The molecule has 3 nitrogen and oxygen atoms in total. The van der Waals surface area contributed by atoms with E-state index in [0.717, 1.165) is 0 Å². The first kappa shape index (κ1) is 13.0. The molecule has 0 aromatic heterocycles. The number of aldehydes is 2. The summed E-state index contributed by atoms with van der Waals surface area (Å²) >= 11 is 0. The summed E-state index contributed by atoms with van der Waals surface area (Å²) in [5.74, 6) is 0.128. The van der Waals surface area contributed by atoms with Gasteiger partial charge in [0.1, 0.15) is 18.2 Å². The second-order valence-corrected chi connectivity index (χ2v) is 3.95. The van der Waals surface area contributed by atoms with Gasteiger partial charge in [-0.05, 0) is 35.9 Å². The van der Waals surface area contributed by atoms with Crippen molar-refractivity contribution in [3.8, 4) is 5.75 Å². The summed E-state index contributed by atoms with van der Waals surface area (Å²) in [6.45, 7) is 0.191. The van der Waals surface area contributed by atoms with Gasteiger partial charge in [0.15, 0.2) is 12.6 Å². The van der Waals surface area contributed by atoms with Crippen molar-refractivity contribution in [2.24, 2.45) is 0 Å². The molecule has 4 heteroatoms. The van der Waals surface area contributed by atoms with Crippen LogP contribution in [0.5, 0.6) is 5.75 Å². The van der Waals surface area contributed by atoms with Crippen molar-refractivity contribution in [2.45, 2.75) is 6.61 Å². The molecule has 19 heavy (non-hydrogen) atoms. The Morgan fingerprint density at radius 2 is 1.79 bits per heavy atom. The van der Waals surface area contributed by atoms with E-state index in [1.165, 1.54) is 24.3 Å². The Morgan fingerprint density at radius 1 is 1.00 bits per heavy atom. The lowest BCUT2D eigenvalue weighted by Gasteiger charge is -2.07. The summed E-state index contributed by atoms with van der Waals surface area (Å²) in [5, 5.41) is 0. The molecule has 0 aliphatic heterocycles. The second-order valence-electron chi connectivity index (χ2n) is 3.95. The molecule has 0 atom stereocenters. The first-order valence-corrected chi connectivity index (χ1v) is 5.64. The van der Waals surface area contributed by atoms with Crippen molar-refractivity contribution in [2.75, 3.05) is 0 Å². The van der Waals surface area contributed by atoms with Crippen molar-refractivity contribution < 1.29 is 18.7 Å². The van der Waals surface area contributed by atoms with Crippen molar-refractivity contribution in [3.63, 3.8) is 0 Å². The van der Waals surface area contributed by atoms with Crippen LogP contribution in [0.1, 0.15) is 26.3 Å². The van der Waals surface area contributed by atoms with Crippen LogP contribution in [0, 0.1) is 5.82 Å². The Morgan fingerprint density at radius 3 is 2.47 bits per heavy atom. The van der Waals surface area contributed by atoms with Gasteiger partial charge in [-0.2, -0.15) is 0 Å². The second kappa shape index (κ2) is 5.91. The van der Waals surface area contributed by atoms with Crippen LogP contribution >= 0.6 is 0 Å². The zero-order chi connectivity index (χ0) is 13.7. The summed E-state index contributed by atoms with van der Waals surface area (Å²) in [7, 11) is 0. The van der Waals surface area contributed by atoms with Gasteiger partial charge in [-0.3, -0.25) is 9.59 Å². The zero-order valence-electron chi connectivity index (χ0n) is 10.0. The highest BCUT2D eigenvalue weighted by Gasteiger charge is 2.04. The molecule has 0 heterocycles. The van der Waals surface area contributed by atoms with Crippen LogP contribution in [-0.4, -0.2) is 12.6 Å². The van der Waals surface area contributed by atoms with Crippen LogP contribution in [-0.2, 0) is 6.61 Å². The highest BCUT2D eigenvalue weighted by atomic mass is 19.1. The largest absolute Gasteiger partial charge is 0.489 e. The van der Waals surface area contributed by atoms with E-state index in [1.54, 1.807) is 18.2 Å².